The van der Waals surface area contributed by atoms with E-state index in [2.05, 4.69) is 15.4 Å². The second kappa shape index (κ2) is 6.37. The van der Waals surface area contributed by atoms with Crippen molar-refractivity contribution in [3.63, 3.8) is 0 Å². The Morgan fingerprint density at radius 2 is 2.11 bits per heavy atom. The van der Waals surface area contributed by atoms with Crippen molar-refractivity contribution in [3.05, 3.63) is 0 Å². The van der Waals surface area contributed by atoms with E-state index in [1.165, 1.54) is 32.8 Å². The van der Waals surface area contributed by atoms with E-state index in [1.54, 1.807) is 0 Å². The molecule has 19 heavy (non-hydrogen) atoms. The molecule has 4 unspecified atom stereocenters. The average Bonchev–Trinajstić information content (AvgIpc) is 2.87. The first-order valence-corrected chi connectivity index (χ1v) is 7.30. The molecule has 2 aliphatic rings. The van der Waals surface area contributed by atoms with Crippen LogP contribution >= 0.6 is 0 Å². The van der Waals surface area contributed by atoms with Crippen molar-refractivity contribution in [2.75, 3.05) is 7.11 Å². The number of hydrogen-bond acceptors (Lipinski definition) is 4. The van der Waals surface area contributed by atoms with Crippen molar-refractivity contribution >= 4 is 11.9 Å². The Labute approximate surface area is 114 Å². The molecule has 0 spiro atoms. The minimum atomic E-state index is -0.526. The van der Waals surface area contributed by atoms with Crippen LogP contribution < -0.4 is 10.6 Å². The molecular formula is C14H24N2O3. The quantitative estimate of drug-likeness (QED) is 0.746. The Hall–Kier alpha value is -1.10. The maximum absolute atomic E-state index is 12.2. The third-order valence-corrected chi connectivity index (χ3v) is 4.39. The molecule has 2 rings (SSSR count). The SMILES string of the molecule is CCC(NC(=O)C1CC2CCCCC2N1)C(=O)OC. The molecule has 5 nitrogen and oxygen atoms in total. The zero-order chi connectivity index (χ0) is 13.8. The van der Waals surface area contributed by atoms with Crippen molar-refractivity contribution in [2.45, 2.75) is 63.6 Å². The molecule has 4 atom stereocenters. The number of amides is 1. The van der Waals surface area contributed by atoms with E-state index >= 15 is 0 Å². The van der Waals surface area contributed by atoms with Crippen LogP contribution in [0.15, 0.2) is 0 Å². The van der Waals surface area contributed by atoms with Gasteiger partial charge in [0.15, 0.2) is 0 Å². The highest BCUT2D eigenvalue weighted by Crippen LogP contribution is 2.33. The van der Waals surface area contributed by atoms with Gasteiger partial charge in [-0.3, -0.25) is 4.79 Å². The van der Waals surface area contributed by atoms with E-state index in [9.17, 15) is 9.59 Å². The van der Waals surface area contributed by atoms with E-state index in [0.29, 0.717) is 18.4 Å². The fourth-order valence-electron chi connectivity index (χ4n) is 3.26. The first-order chi connectivity index (χ1) is 9.15. The van der Waals surface area contributed by atoms with Gasteiger partial charge in [-0.2, -0.15) is 0 Å². The van der Waals surface area contributed by atoms with Crippen LogP contribution in [0.2, 0.25) is 0 Å². The summed E-state index contributed by atoms with van der Waals surface area (Å²) in [6, 6.07) is -0.184. The summed E-state index contributed by atoms with van der Waals surface area (Å²) < 4.78 is 4.69. The van der Waals surface area contributed by atoms with Gasteiger partial charge in [0.1, 0.15) is 6.04 Å². The summed E-state index contributed by atoms with van der Waals surface area (Å²) in [6.45, 7) is 1.86. The van der Waals surface area contributed by atoms with Crippen LogP contribution in [-0.2, 0) is 14.3 Å². The van der Waals surface area contributed by atoms with Crippen LogP contribution in [0.3, 0.4) is 0 Å². The summed E-state index contributed by atoms with van der Waals surface area (Å²) in [5, 5.41) is 6.21. The lowest BCUT2D eigenvalue weighted by molar-refractivity contribution is -0.145. The number of carbonyl (C=O) groups is 2. The second-order valence-electron chi connectivity index (χ2n) is 5.60. The largest absolute Gasteiger partial charge is 0.467 e. The molecule has 1 amide bonds. The molecule has 1 saturated heterocycles. The average molecular weight is 268 g/mol. The molecule has 0 bridgehead atoms. The van der Waals surface area contributed by atoms with Crippen LogP contribution in [-0.4, -0.2) is 37.1 Å². The summed E-state index contributed by atoms with van der Waals surface area (Å²) >= 11 is 0. The van der Waals surface area contributed by atoms with Gasteiger partial charge in [-0.15, -0.1) is 0 Å². The molecule has 1 heterocycles. The van der Waals surface area contributed by atoms with Crippen LogP contribution in [0.4, 0.5) is 0 Å². The highest BCUT2D eigenvalue weighted by Gasteiger charge is 2.38. The molecule has 1 aliphatic heterocycles. The smallest absolute Gasteiger partial charge is 0.328 e. The molecule has 1 saturated carbocycles. The van der Waals surface area contributed by atoms with E-state index in [4.69, 9.17) is 0 Å². The molecular weight excluding hydrogens is 244 g/mol. The Kier molecular flexibility index (Phi) is 4.80. The lowest BCUT2D eigenvalue weighted by Gasteiger charge is -2.24. The monoisotopic (exact) mass is 268 g/mol. The van der Waals surface area contributed by atoms with Crippen LogP contribution in [0.5, 0.6) is 0 Å². The Morgan fingerprint density at radius 1 is 1.37 bits per heavy atom. The van der Waals surface area contributed by atoms with Gasteiger partial charge in [-0.25, -0.2) is 4.79 Å². The van der Waals surface area contributed by atoms with Crippen molar-refractivity contribution < 1.29 is 14.3 Å². The molecule has 108 valence electrons. The Bertz CT molecular complexity index is 332. The number of rotatable bonds is 4. The fraction of sp³-hybridized carbons (Fsp3) is 0.857. The van der Waals surface area contributed by atoms with E-state index in [1.807, 2.05) is 6.92 Å². The summed E-state index contributed by atoms with van der Waals surface area (Å²) in [7, 11) is 1.35. The van der Waals surface area contributed by atoms with Gasteiger partial charge in [0.25, 0.3) is 0 Å². The van der Waals surface area contributed by atoms with Crippen LogP contribution in [0, 0.1) is 5.92 Å². The topological polar surface area (TPSA) is 67.4 Å². The van der Waals surface area contributed by atoms with Gasteiger partial charge >= 0.3 is 5.97 Å². The van der Waals surface area contributed by atoms with Crippen molar-refractivity contribution in [1.82, 2.24) is 10.6 Å². The number of methoxy groups -OCH3 is 1. The van der Waals surface area contributed by atoms with E-state index < -0.39 is 6.04 Å². The molecule has 2 fully saturated rings. The van der Waals surface area contributed by atoms with Gasteiger partial charge in [0.2, 0.25) is 5.91 Å². The molecule has 0 aromatic rings. The first kappa shape index (κ1) is 14.3. The fourth-order valence-corrected chi connectivity index (χ4v) is 3.26. The highest BCUT2D eigenvalue weighted by atomic mass is 16.5. The van der Waals surface area contributed by atoms with Crippen LogP contribution in [0.25, 0.3) is 0 Å². The second-order valence-corrected chi connectivity index (χ2v) is 5.60. The molecule has 0 aromatic carbocycles. The molecule has 0 aromatic heterocycles. The third kappa shape index (κ3) is 3.26. The van der Waals surface area contributed by atoms with Crippen molar-refractivity contribution in [3.8, 4) is 0 Å². The van der Waals surface area contributed by atoms with Crippen LogP contribution in [0.1, 0.15) is 45.4 Å². The predicted molar refractivity (Wildman–Crippen MR) is 71.5 cm³/mol. The van der Waals surface area contributed by atoms with Crippen molar-refractivity contribution in [2.24, 2.45) is 5.92 Å². The molecule has 1 aliphatic carbocycles. The summed E-state index contributed by atoms with van der Waals surface area (Å²) in [5.74, 6) is 0.195. The molecule has 0 radical (unpaired) electrons. The minimum absolute atomic E-state index is 0.0633. The lowest BCUT2D eigenvalue weighted by atomic mass is 9.85. The van der Waals surface area contributed by atoms with E-state index in [-0.39, 0.29) is 17.9 Å². The zero-order valence-corrected chi connectivity index (χ0v) is 11.8. The lowest BCUT2D eigenvalue weighted by Crippen LogP contribution is -2.49. The highest BCUT2D eigenvalue weighted by molar-refractivity contribution is 5.87. The van der Waals surface area contributed by atoms with Gasteiger partial charge in [0.05, 0.1) is 13.2 Å². The predicted octanol–water partition coefficient (Wildman–Crippen LogP) is 0.975. The number of carbonyl (C=O) groups excluding carboxylic acids is 2. The first-order valence-electron chi connectivity index (χ1n) is 7.30. The zero-order valence-electron chi connectivity index (χ0n) is 11.8. The Balaban J connectivity index is 1.88. The summed E-state index contributed by atoms with van der Waals surface area (Å²) in [5.41, 5.74) is 0. The minimum Gasteiger partial charge on any atom is -0.467 e. The van der Waals surface area contributed by atoms with Gasteiger partial charge in [-0.05, 0) is 31.6 Å². The summed E-state index contributed by atoms with van der Waals surface area (Å²) in [6.07, 6.45) is 6.36. The maximum atomic E-state index is 12.2. The normalized spacial score (nSPS) is 31.4. The Morgan fingerprint density at radius 3 is 2.74 bits per heavy atom. The molecule has 5 heteroatoms. The van der Waals surface area contributed by atoms with E-state index in [0.717, 1.165) is 6.42 Å². The van der Waals surface area contributed by atoms with Gasteiger partial charge in [-0.1, -0.05) is 19.8 Å². The van der Waals surface area contributed by atoms with Gasteiger partial charge < -0.3 is 15.4 Å². The summed E-state index contributed by atoms with van der Waals surface area (Å²) in [4.78, 5) is 23.7. The standard InChI is InChI=1S/C14H24N2O3/c1-3-10(14(18)19-2)16-13(17)12-8-9-6-4-5-7-11(9)15-12/h9-12,15H,3-8H2,1-2H3,(H,16,17). The number of hydrogen-bond donors (Lipinski definition) is 2. The molecule has 2 N–H and O–H groups in total. The number of esters is 1. The number of nitrogens with one attached hydrogen (secondary N) is 2. The third-order valence-electron chi connectivity index (χ3n) is 4.39. The van der Waals surface area contributed by atoms with Gasteiger partial charge in [0, 0.05) is 6.04 Å². The van der Waals surface area contributed by atoms with Crippen molar-refractivity contribution in [1.29, 1.82) is 0 Å². The number of ether oxygens (including phenoxy) is 1. The maximum Gasteiger partial charge on any atom is 0.328 e. The number of fused-ring (bicyclic) bond motifs is 1.